The van der Waals surface area contributed by atoms with Gasteiger partial charge in [-0.3, -0.25) is 9.69 Å². The SMILES string of the molecule is COc1c([C@@H]2CCCN2CC(=O)N2CCCCC2)c(C)nn1C. The first-order valence-corrected chi connectivity index (χ1v) is 8.71. The fourth-order valence-corrected chi connectivity index (χ4v) is 4.04. The molecule has 128 valence electrons. The fraction of sp³-hybridized carbons (Fsp3) is 0.765. The van der Waals surface area contributed by atoms with E-state index in [1.807, 2.05) is 18.9 Å². The number of carbonyl (C=O) groups is 1. The standard InChI is InChI=1S/C17H28N4O2/c1-13-16(17(23-3)19(2)18-13)14-8-7-11-21(14)12-15(22)20-9-5-4-6-10-20/h14H,4-12H2,1-3H3/t14-/m0/s1. The monoisotopic (exact) mass is 320 g/mol. The first-order valence-electron chi connectivity index (χ1n) is 8.71. The molecule has 1 aromatic heterocycles. The molecule has 3 rings (SSSR count). The van der Waals surface area contributed by atoms with Crippen LogP contribution in [0.4, 0.5) is 0 Å². The number of amides is 1. The molecule has 0 aliphatic carbocycles. The van der Waals surface area contributed by atoms with Crippen molar-refractivity contribution in [2.24, 2.45) is 7.05 Å². The third-order valence-corrected chi connectivity index (χ3v) is 5.15. The second kappa shape index (κ2) is 6.91. The Kier molecular flexibility index (Phi) is 4.90. The zero-order valence-electron chi connectivity index (χ0n) is 14.5. The van der Waals surface area contributed by atoms with Gasteiger partial charge in [-0.2, -0.15) is 5.10 Å². The first-order chi connectivity index (χ1) is 11.1. The van der Waals surface area contributed by atoms with Gasteiger partial charge < -0.3 is 9.64 Å². The molecule has 2 aliphatic heterocycles. The van der Waals surface area contributed by atoms with Crippen molar-refractivity contribution < 1.29 is 9.53 Å². The quantitative estimate of drug-likeness (QED) is 0.850. The zero-order valence-corrected chi connectivity index (χ0v) is 14.5. The summed E-state index contributed by atoms with van der Waals surface area (Å²) in [6.45, 7) is 5.36. The molecule has 0 radical (unpaired) electrons. The van der Waals surface area contributed by atoms with Crippen LogP contribution in [0.3, 0.4) is 0 Å². The second-order valence-electron chi connectivity index (χ2n) is 6.70. The Hall–Kier alpha value is -1.56. The Bertz CT molecular complexity index is 563. The highest BCUT2D eigenvalue weighted by Crippen LogP contribution is 2.38. The van der Waals surface area contributed by atoms with Gasteiger partial charge in [0.25, 0.3) is 0 Å². The molecule has 1 amide bonds. The van der Waals surface area contributed by atoms with Crippen LogP contribution in [0.1, 0.15) is 49.4 Å². The van der Waals surface area contributed by atoms with Crippen molar-refractivity contribution in [1.29, 1.82) is 0 Å². The summed E-state index contributed by atoms with van der Waals surface area (Å²) in [7, 11) is 3.60. The molecule has 0 saturated carbocycles. The van der Waals surface area contributed by atoms with Gasteiger partial charge in [-0.05, 0) is 45.6 Å². The topological polar surface area (TPSA) is 50.6 Å². The number of aromatic nitrogens is 2. The van der Waals surface area contributed by atoms with Crippen LogP contribution in [0.15, 0.2) is 0 Å². The van der Waals surface area contributed by atoms with E-state index in [0.29, 0.717) is 6.54 Å². The lowest BCUT2D eigenvalue weighted by atomic mass is 10.0. The number of likely N-dealkylation sites (tertiary alicyclic amines) is 2. The lowest BCUT2D eigenvalue weighted by Crippen LogP contribution is -2.42. The van der Waals surface area contributed by atoms with Crippen molar-refractivity contribution in [1.82, 2.24) is 19.6 Å². The number of aryl methyl sites for hydroxylation is 2. The molecule has 1 atom stereocenters. The predicted octanol–water partition coefficient (Wildman–Crippen LogP) is 1.89. The Morgan fingerprint density at radius 2 is 1.96 bits per heavy atom. The van der Waals surface area contributed by atoms with Crippen LogP contribution in [0.25, 0.3) is 0 Å². The Morgan fingerprint density at radius 3 is 2.65 bits per heavy atom. The van der Waals surface area contributed by atoms with E-state index >= 15 is 0 Å². The van der Waals surface area contributed by atoms with Crippen LogP contribution in [-0.2, 0) is 11.8 Å². The van der Waals surface area contributed by atoms with Crippen molar-refractivity contribution in [3.05, 3.63) is 11.3 Å². The highest BCUT2D eigenvalue weighted by molar-refractivity contribution is 5.78. The molecule has 2 aliphatic rings. The van der Waals surface area contributed by atoms with Crippen molar-refractivity contribution in [3.8, 4) is 5.88 Å². The molecule has 0 spiro atoms. The lowest BCUT2D eigenvalue weighted by molar-refractivity contribution is -0.133. The smallest absolute Gasteiger partial charge is 0.236 e. The van der Waals surface area contributed by atoms with Gasteiger partial charge in [0, 0.05) is 26.2 Å². The summed E-state index contributed by atoms with van der Waals surface area (Å²) in [5, 5.41) is 4.50. The number of hydrogen-bond acceptors (Lipinski definition) is 4. The summed E-state index contributed by atoms with van der Waals surface area (Å²) in [5.41, 5.74) is 2.16. The van der Waals surface area contributed by atoms with Gasteiger partial charge in [-0.1, -0.05) is 0 Å². The van der Waals surface area contributed by atoms with Gasteiger partial charge in [0.15, 0.2) is 0 Å². The third-order valence-electron chi connectivity index (χ3n) is 5.15. The Morgan fingerprint density at radius 1 is 1.22 bits per heavy atom. The maximum Gasteiger partial charge on any atom is 0.236 e. The molecule has 1 aromatic rings. The minimum absolute atomic E-state index is 0.243. The molecule has 0 aromatic carbocycles. The summed E-state index contributed by atoms with van der Waals surface area (Å²) in [4.78, 5) is 17.0. The normalized spacial score (nSPS) is 22.6. The maximum absolute atomic E-state index is 12.6. The molecule has 6 heteroatoms. The molecule has 2 fully saturated rings. The number of ether oxygens (including phenoxy) is 1. The van der Waals surface area contributed by atoms with E-state index in [-0.39, 0.29) is 11.9 Å². The lowest BCUT2D eigenvalue weighted by Gasteiger charge is -2.30. The third kappa shape index (κ3) is 3.22. The average molecular weight is 320 g/mol. The van der Waals surface area contributed by atoms with Crippen LogP contribution < -0.4 is 4.74 Å². The fourth-order valence-electron chi connectivity index (χ4n) is 4.04. The van der Waals surface area contributed by atoms with Crippen LogP contribution in [0, 0.1) is 6.92 Å². The van der Waals surface area contributed by atoms with E-state index in [2.05, 4.69) is 10.00 Å². The van der Waals surface area contributed by atoms with Crippen LogP contribution >= 0.6 is 0 Å². The second-order valence-corrected chi connectivity index (χ2v) is 6.70. The minimum Gasteiger partial charge on any atom is -0.481 e. The first kappa shape index (κ1) is 16.3. The van der Waals surface area contributed by atoms with E-state index < -0.39 is 0 Å². The van der Waals surface area contributed by atoms with Crippen LogP contribution in [-0.4, -0.2) is 58.8 Å². The van der Waals surface area contributed by atoms with Crippen molar-refractivity contribution >= 4 is 5.91 Å². The van der Waals surface area contributed by atoms with E-state index in [0.717, 1.165) is 62.5 Å². The summed E-state index contributed by atoms with van der Waals surface area (Å²) in [5.74, 6) is 1.10. The van der Waals surface area contributed by atoms with Gasteiger partial charge >= 0.3 is 0 Å². The number of piperidine rings is 1. The number of hydrogen-bond donors (Lipinski definition) is 0. The summed E-state index contributed by atoms with van der Waals surface area (Å²) in [6.07, 6.45) is 5.73. The summed E-state index contributed by atoms with van der Waals surface area (Å²) < 4.78 is 7.36. The van der Waals surface area contributed by atoms with Crippen LogP contribution in [0.5, 0.6) is 5.88 Å². The highest BCUT2D eigenvalue weighted by atomic mass is 16.5. The van der Waals surface area contributed by atoms with Gasteiger partial charge in [-0.25, -0.2) is 4.68 Å². The van der Waals surface area contributed by atoms with Crippen molar-refractivity contribution in [3.63, 3.8) is 0 Å². The van der Waals surface area contributed by atoms with E-state index in [1.54, 1.807) is 11.8 Å². The van der Waals surface area contributed by atoms with E-state index in [9.17, 15) is 4.79 Å². The number of nitrogens with zero attached hydrogens (tertiary/aromatic N) is 4. The molecular weight excluding hydrogens is 292 g/mol. The minimum atomic E-state index is 0.243. The Labute approximate surface area is 138 Å². The van der Waals surface area contributed by atoms with Gasteiger partial charge in [0.1, 0.15) is 0 Å². The molecule has 3 heterocycles. The largest absolute Gasteiger partial charge is 0.481 e. The molecule has 2 saturated heterocycles. The predicted molar refractivity (Wildman–Crippen MR) is 88.5 cm³/mol. The molecule has 6 nitrogen and oxygen atoms in total. The van der Waals surface area contributed by atoms with E-state index in [4.69, 9.17) is 4.74 Å². The number of methoxy groups -OCH3 is 1. The zero-order chi connectivity index (χ0) is 16.4. The van der Waals surface area contributed by atoms with Crippen molar-refractivity contribution in [2.75, 3.05) is 33.3 Å². The van der Waals surface area contributed by atoms with Gasteiger partial charge in [-0.15, -0.1) is 0 Å². The molecule has 0 unspecified atom stereocenters. The summed E-state index contributed by atoms with van der Waals surface area (Å²) in [6, 6.07) is 0.243. The highest BCUT2D eigenvalue weighted by Gasteiger charge is 2.34. The van der Waals surface area contributed by atoms with E-state index in [1.165, 1.54) is 6.42 Å². The summed E-state index contributed by atoms with van der Waals surface area (Å²) >= 11 is 0. The average Bonchev–Trinajstić information content (AvgIpc) is 3.11. The number of carbonyl (C=O) groups excluding carboxylic acids is 1. The van der Waals surface area contributed by atoms with Crippen LogP contribution in [0.2, 0.25) is 0 Å². The van der Waals surface area contributed by atoms with Gasteiger partial charge in [0.05, 0.1) is 24.9 Å². The maximum atomic E-state index is 12.6. The molecule has 0 N–H and O–H groups in total. The molecular formula is C17H28N4O2. The van der Waals surface area contributed by atoms with Gasteiger partial charge in [0.2, 0.25) is 11.8 Å². The van der Waals surface area contributed by atoms with Crippen molar-refractivity contribution in [2.45, 2.75) is 45.1 Å². The Balaban J connectivity index is 1.74. The number of rotatable bonds is 4. The molecule has 0 bridgehead atoms. The molecule has 23 heavy (non-hydrogen) atoms.